The molecule has 8 heteroatoms. The lowest BCUT2D eigenvalue weighted by Gasteiger charge is -2.36. The minimum Gasteiger partial charge on any atom is -0.506 e. The molecule has 0 atom stereocenters. The maximum Gasteiger partial charge on any atom is 0.257 e. The molecule has 2 aromatic carbocycles. The van der Waals surface area contributed by atoms with Crippen LogP contribution >= 0.6 is 0 Å². The van der Waals surface area contributed by atoms with Crippen LogP contribution in [0, 0.1) is 0 Å². The zero-order chi connectivity index (χ0) is 21.1. The quantitative estimate of drug-likeness (QED) is 0.606. The van der Waals surface area contributed by atoms with Gasteiger partial charge in [-0.05, 0) is 24.3 Å². The summed E-state index contributed by atoms with van der Waals surface area (Å²) in [6, 6.07) is 14.0. The van der Waals surface area contributed by atoms with Gasteiger partial charge in [0, 0.05) is 43.3 Å². The van der Waals surface area contributed by atoms with Gasteiger partial charge < -0.3 is 25.2 Å². The highest BCUT2D eigenvalue weighted by atomic mass is 16.3. The second-order valence-electron chi connectivity index (χ2n) is 7.12. The number of aromatic hydroxyl groups is 1. The molecule has 8 nitrogen and oxygen atoms in total. The number of aromatic amines is 1. The maximum atomic E-state index is 12.5. The highest BCUT2D eigenvalue weighted by molar-refractivity contribution is 5.98. The molecule has 0 bridgehead atoms. The molecule has 4 rings (SSSR count). The zero-order valence-electron chi connectivity index (χ0n) is 16.3. The first kappa shape index (κ1) is 19.5. The summed E-state index contributed by atoms with van der Waals surface area (Å²) in [5, 5.41) is 13.0. The maximum absolute atomic E-state index is 12.5. The average Bonchev–Trinajstić information content (AvgIpc) is 2.78. The molecule has 2 heterocycles. The van der Waals surface area contributed by atoms with Crippen molar-refractivity contribution in [2.75, 3.05) is 37.6 Å². The Morgan fingerprint density at radius 3 is 2.47 bits per heavy atom. The third-order valence-electron chi connectivity index (χ3n) is 5.29. The predicted molar refractivity (Wildman–Crippen MR) is 114 cm³/mol. The number of pyridine rings is 1. The number of piperazine rings is 1. The van der Waals surface area contributed by atoms with Gasteiger partial charge in [-0.3, -0.25) is 14.4 Å². The van der Waals surface area contributed by atoms with Crippen molar-refractivity contribution in [3.63, 3.8) is 0 Å². The van der Waals surface area contributed by atoms with Crippen LogP contribution in [0.3, 0.4) is 0 Å². The number of rotatable bonds is 4. The Bertz CT molecular complexity index is 1150. The largest absolute Gasteiger partial charge is 0.506 e. The number of carbonyl (C=O) groups is 2. The van der Waals surface area contributed by atoms with E-state index in [2.05, 4.69) is 10.3 Å². The standard InChI is InChI=1S/C22H22N4O4/c27-19-8-4-3-7-18(19)25-9-11-26(12-10-25)20(28)14-24-22(30)16-13-23-17-6-2-1-5-15(17)21(16)29/h1-8,13,27H,9-12,14H2,(H,23,29)(H,24,30). The predicted octanol–water partition coefficient (Wildman–Crippen LogP) is 1.31. The molecule has 1 aromatic heterocycles. The van der Waals surface area contributed by atoms with Crippen LogP contribution in [0.1, 0.15) is 10.4 Å². The van der Waals surface area contributed by atoms with Crippen molar-refractivity contribution in [3.05, 3.63) is 70.5 Å². The second kappa shape index (κ2) is 8.28. The summed E-state index contributed by atoms with van der Waals surface area (Å²) in [4.78, 5) is 44.1. The lowest BCUT2D eigenvalue weighted by Crippen LogP contribution is -2.51. The molecule has 1 fully saturated rings. The van der Waals surface area contributed by atoms with Crippen molar-refractivity contribution < 1.29 is 14.7 Å². The summed E-state index contributed by atoms with van der Waals surface area (Å²) in [7, 11) is 0. The number of phenolic OH excluding ortho intramolecular Hbond substituents is 1. The molecule has 1 saturated heterocycles. The van der Waals surface area contributed by atoms with E-state index in [4.69, 9.17) is 0 Å². The monoisotopic (exact) mass is 406 g/mol. The first-order chi connectivity index (χ1) is 14.5. The number of carbonyl (C=O) groups excluding carboxylic acids is 2. The number of amides is 2. The van der Waals surface area contributed by atoms with E-state index in [1.165, 1.54) is 6.20 Å². The smallest absolute Gasteiger partial charge is 0.257 e. The third-order valence-corrected chi connectivity index (χ3v) is 5.29. The molecule has 3 N–H and O–H groups in total. The molecule has 3 aromatic rings. The van der Waals surface area contributed by atoms with E-state index >= 15 is 0 Å². The third kappa shape index (κ3) is 3.84. The summed E-state index contributed by atoms with van der Waals surface area (Å²) in [5.74, 6) is -0.578. The van der Waals surface area contributed by atoms with Crippen LogP contribution in [0.15, 0.2) is 59.5 Å². The van der Waals surface area contributed by atoms with Gasteiger partial charge in [0.1, 0.15) is 11.3 Å². The molecule has 30 heavy (non-hydrogen) atoms. The van der Waals surface area contributed by atoms with Crippen LogP contribution in [0.5, 0.6) is 5.75 Å². The average molecular weight is 406 g/mol. The van der Waals surface area contributed by atoms with Crippen molar-refractivity contribution in [2.24, 2.45) is 0 Å². The summed E-state index contributed by atoms with van der Waals surface area (Å²) in [6.07, 6.45) is 1.37. The molecule has 1 aliphatic heterocycles. The molecular formula is C22H22N4O4. The van der Waals surface area contributed by atoms with E-state index in [0.717, 1.165) is 5.69 Å². The van der Waals surface area contributed by atoms with E-state index in [1.54, 1.807) is 41.3 Å². The first-order valence-corrected chi connectivity index (χ1v) is 9.74. The van der Waals surface area contributed by atoms with Gasteiger partial charge in [0.25, 0.3) is 5.91 Å². The number of para-hydroxylation sites is 3. The number of hydrogen-bond acceptors (Lipinski definition) is 5. The van der Waals surface area contributed by atoms with Gasteiger partial charge in [-0.1, -0.05) is 24.3 Å². The summed E-state index contributed by atoms with van der Waals surface area (Å²) in [5.41, 5.74) is 1.00. The van der Waals surface area contributed by atoms with Crippen LogP contribution in [-0.4, -0.2) is 59.5 Å². The van der Waals surface area contributed by atoms with Crippen molar-refractivity contribution >= 4 is 28.4 Å². The van der Waals surface area contributed by atoms with Crippen molar-refractivity contribution in [1.82, 2.24) is 15.2 Å². The van der Waals surface area contributed by atoms with Crippen molar-refractivity contribution in [3.8, 4) is 5.75 Å². The summed E-state index contributed by atoms with van der Waals surface area (Å²) >= 11 is 0. The Balaban J connectivity index is 1.34. The van der Waals surface area contributed by atoms with Gasteiger partial charge in [-0.25, -0.2) is 0 Å². The Labute approximate surface area is 172 Å². The number of phenols is 1. The van der Waals surface area contributed by atoms with Crippen molar-refractivity contribution in [1.29, 1.82) is 0 Å². The number of benzene rings is 2. The topological polar surface area (TPSA) is 106 Å². The fourth-order valence-corrected chi connectivity index (χ4v) is 3.63. The number of H-pyrrole nitrogens is 1. The molecule has 0 spiro atoms. The molecule has 1 aliphatic rings. The summed E-state index contributed by atoms with van der Waals surface area (Å²) in [6.45, 7) is 1.96. The van der Waals surface area contributed by atoms with Gasteiger partial charge in [0.15, 0.2) is 0 Å². The van der Waals surface area contributed by atoms with E-state index in [0.29, 0.717) is 37.1 Å². The highest BCUT2D eigenvalue weighted by Gasteiger charge is 2.23. The van der Waals surface area contributed by atoms with E-state index in [9.17, 15) is 19.5 Å². The molecular weight excluding hydrogens is 384 g/mol. The Morgan fingerprint density at radius 2 is 1.70 bits per heavy atom. The fourth-order valence-electron chi connectivity index (χ4n) is 3.63. The second-order valence-corrected chi connectivity index (χ2v) is 7.12. The first-order valence-electron chi connectivity index (χ1n) is 9.74. The number of hydrogen-bond donors (Lipinski definition) is 3. The lowest BCUT2D eigenvalue weighted by molar-refractivity contribution is -0.130. The number of anilines is 1. The SMILES string of the molecule is O=C(NCC(=O)N1CCN(c2ccccc2O)CC1)c1c[nH]c2ccccc2c1=O. The molecule has 0 unspecified atom stereocenters. The van der Waals surface area contributed by atoms with E-state index in [-0.39, 0.29) is 29.2 Å². The van der Waals surface area contributed by atoms with Crippen LogP contribution in [0.2, 0.25) is 0 Å². The minimum atomic E-state index is -0.580. The molecule has 2 amide bonds. The Hall–Kier alpha value is -3.81. The molecule has 154 valence electrons. The van der Waals surface area contributed by atoms with Crippen LogP contribution in [-0.2, 0) is 4.79 Å². The zero-order valence-corrected chi connectivity index (χ0v) is 16.3. The normalized spacial score (nSPS) is 14.0. The lowest BCUT2D eigenvalue weighted by atomic mass is 10.1. The van der Waals surface area contributed by atoms with Crippen molar-refractivity contribution in [2.45, 2.75) is 0 Å². The van der Waals surface area contributed by atoms with Gasteiger partial charge in [0.05, 0.1) is 12.2 Å². The van der Waals surface area contributed by atoms with Crippen LogP contribution in [0.4, 0.5) is 5.69 Å². The highest BCUT2D eigenvalue weighted by Crippen LogP contribution is 2.27. The number of nitrogens with one attached hydrogen (secondary N) is 2. The number of nitrogens with zero attached hydrogens (tertiary/aromatic N) is 2. The van der Waals surface area contributed by atoms with Gasteiger partial charge in [0.2, 0.25) is 11.3 Å². The van der Waals surface area contributed by atoms with E-state index in [1.807, 2.05) is 17.0 Å². The summed E-state index contributed by atoms with van der Waals surface area (Å²) < 4.78 is 0. The van der Waals surface area contributed by atoms with Crippen LogP contribution in [0.25, 0.3) is 10.9 Å². The Kier molecular flexibility index (Phi) is 5.38. The van der Waals surface area contributed by atoms with Gasteiger partial charge >= 0.3 is 0 Å². The Morgan fingerprint density at radius 1 is 1.00 bits per heavy atom. The van der Waals surface area contributed by atoms with Gasteiger partial charge in [-0.15, -0.1) is 0 Å². The molecule has 0 radical (unpaired) electrons. The fraction of sp³-hybridized carbons (Fsp3) is 0.227. The van der Waals surface area contributed by atoms with E-state index < -0.39 is 5.91 Å². The van der Waals surface area contributed by atoms with Gasteiger partial charge in [-0.2, -0.15) is 0 Å². The number of aromatic nitrogens is 1. The number of fused-ring (bicyclic) bond motifs is 1. The molecule has 0 aliphatic carbocycles. The van der Waals surface area contributed by atoms with Crippen LogP contribution < -0.4 is 15.6 Å². The minimum absolute atomic E-state index is 0.0223. The molecule has 0 saturated carbocycles.